The lowest BCUT2D eigenvalue weighted by Gasteiger charge is -2.21. The average Bonchev–Trinajstić information content (AvgIpc) is 2.89. The molecule has 1 heterocycles. The summed E-state index contributed by atoms with van der Waals surface area (Å²) in [5.74, 6) is 0.650. The van der Waals surface area contributed by atoms with Gasteiger partial charge in [-0.15, -0.1) is 11.3 Å². The highest BCUT2D eigenvalue weighted by Crippen LogP contribution is 2.34. The Labute approximate surface area is 127 Å². The van der Waals surface area contributed by atoms with E-state index in [0.717, 1.165) is 39.1 Å². The molecule has 4 heteroatoms. The van der Waals surface area contributed by atoms with Gasteiger partial charge in [-0.2, -0.15) is 0 Å². The van der Waals surface area contributed by atoms with E-state index in [1.807, 2.05) is 11.3 Å². The fourth-order valence-corrected chi connectivity index (χ4v) is 4.16. The van der Waals surface area contributed by atoms with Crippen molar-refractivity contribution in [3.8, 4) is 0 Å². The number of nitrogens with one attached hydrogen (secondary N) is 1. The van der Waals surface area contributed by atoms with E-state index in [9.17, 15) is 0 Å². The second-order valence-corrected chi connectivity index (χ2v) is 6.76. The SMILES string of the molecule is CCNCC1CCCc2sc(CCN(CC)CC)nc21. The van der Waals surface area contributed by atoms with Crippen molar-refractivity contribution < 1.29 is 0 Å². The number of hydrogen-bond donors (Lipinski definition) is 1. The van der Waals surface area contributed by atoms with Crippen molar-refractivity contribution >= 4 is 11.3 Å². The van der Waals surface area contributed by atoms with Crippen LogP contribution in [0.4, 0.5) is 0 Å². The number of aromatic nitrogens is 1. The first-order valence-corrected chi connectivity index (χ1v) is 9.01. The molecule has 0 aromatic carbocycles. The second kappa shape index (κ2) is 8.11. The Kier molecular flexibility index (Phi) is 6.46. The van der Waals surface area contributed by atoms with Crippen LogP contribution < -0.4 is 5.32 Å². The molecule has 0 amide bonds. The highest BCUT2D eigenvalue weighted by molar-refractivity contribution is 7.11. The molecule has 0 radical (unpaired) electrons. The van der Waals surface area contributed by atoms with Crippen LogP contribution in [-0.4, -0.2) is 42.6 Å². The Balaban J connectivity index is 1.98. The van der Waals surface area contributed by atoms with Crippen molar-refractivity contribution in [2.24, 2.45) is 0 Å². The third-order valence-corrected chi connectivity index (χ3v) is 5.48. The van der Waals surface area contributed by atoms with Crippen LogP contribution >= 0.6 is 11.3 Å². The van der Waals surface area contributed by atoms with Crippen LogP contribution in [0.2, 0.25) is 0 Å². The minimum atomic E-state index is 0.650. The van der Waals surface area contributed by atoms with Crippen LogP contribution in [0, 0.1) is 0 Å². The topological polar surface area (TPSA) is 28.2 Å². The quantitative estimate of drug-likeness (QED) is 0.799. The smallest absolute Gasteiger partial charge is 0.0944 e. The normalized spacial score (nSPS) is 18.5. The van der Waals surface area contributed by atoms with Gasteiger partial charge in [0.2, 0.25) is 0 Å². The summed E-state index contributed by atoms with van der Waals surface area (Å²) in [7, 11) is 0. The number of hydrogen-bond acceptors (Lipinski definition) is 4. The van der Waals surface area contributed by atoms with E-state index in [2.05, 4.69) is 31.0 Å². The van der Waals surface area contributed by atoms with E-state index in [-0.39, 0.29) is 0 Å². The summed E-state index contributed by atoms with van der Waals surface area (Å²) < 4.78 is 0. The lowest BCUT2D eigenvalue weighted by atomic mass is 9.91. The fourth-order valence-electron chi connectivity index (χ4n) is 2.98. The van der Waals surface area contributed by atoms with E-state index in [1.165, 1.54) is 30.0 Å². The number of rotatable bonds is 8. The molecule has 2 rings (SSSR count). The van der Waals surface area contributed by atoms with Gasteiger partial charge in [-0.3, -0.25) is 0 Å². The molecule has 0 aliphatic heterocycles. The number of nitrogens with zero attached hydrogens (tertiary/aromatic N) is 2. The minimum Gasteiger partial charge on any atom is -0.316 e. The van der Waals surface area contributed by atoms with Crippen LogP contribution in [0.5, 0.6) is 0 Å². The van der Waals surface area contributed by atoms with Crippen molar-refractivity contribution in [3.05, 3.63) is 15.6 Å². The predicted molar refractivity (Wildman–Crippen MR) is 87.8 cm³/mol. The minimum absolute atomic E-state index is 0.650. The Morgan fingerprint density at radius 1 is 1.30 bits per heavy atom. The first kappa shape index (κ1) is 15.9. The molecule has 3 nitrogen and oxygen atoms in total. The molecular weight excluding hydrogens is 266 g/mol. The Morgan fingerprint density at radius 3 is 2.80 bits per heavy atom. The van der Waals surface area contributed by atoms with Crippen LogP contribution in [0.15, 0.2) is 0 Å². The van der Waals surface area contributed by atoms with Gasteiger partial charge in [0.25, 0.3) is 0 Å². The maximum atomic E-state index is 4.98. The highest BCUT2D eigenvalue weighted by atomic mass is 32.1. The van der Waals surface area contributed by atoms with E-state index in [4.69, 9.17) is 4.98 Å². The first-order valence-electron chi connectivity index (χ1n) is 8.19. The van der Waals surface area contributed by atoms with Gasteiger partial charge in [0.05, 0.1) is 10.7 Å². The second-order valence-electron chi connectivity index (χ2n) is 5.59. The van der Waals surface area contributed by atoms with Crippen LogP contribution in [0.1, 0.15) is 55.1 Å². The molecule has 1 unspecified atom stereocenters. The Hall–Kier alpha value is -0.450. The molecule has 20 heavy (non-hydrogen) atoms. The zero-order valence-corrected chi connectivity index (χ0v) is 14.1. The Bertz CT molecular complexity index is 398. The first-order chi connectivity index (χ1) is 9.78. The van der Waals surface area contributed by atoms with Crippen molar-refractivity contribution in [2.75, 3.05) is 32.7 Å². The van der Waals surface area contributed by atoms with Crippen molar-refractivity contribution in [2.45, 2.75) is 52.4 Å². The maximum absolute atomic E-state index is 4.98. The highest BCUT2D eigenvalue weighted by Gasteiger charge is 2.24. The zero-order chi connectivity index (χ0) is 14.4. The molecule has 1 aromatic heterocycles. The molecule has 0 bridgehead atoms. The van der Waals surface area contributed by atoms with E-state index in [1.54, 1.807) is 4.88 Å². The monoisotopic (exact) mass is 295 g/mol. The van der Waals surface area contributed by atoms with E-state index < -0.39 is 0 Å². The van der Waals surface area contributed by atoms with Crippen LogP contribution in [0.25, 0.3) is 0 Å². The molecule has 1 N–H and O–H groups in total. The standard InChI is InChI=1S/C16H29N3S/c1-4-17-12-13-8-7-9-14-16(13)18-15(20-14)10-11-19(5-2)6-3/h13,17H,4-12H2,1-3H3. The van der Waals surface area contributed by atoms with Crippen LogP contribution in [0.3, 0.4) is 0 Å². The van der Waals surface area contributed by atoms with Crippen LogP contribution in [-0.2, 0) is 12.8 Å². The average molecular weight is 295 g/mol. The van der Waals surface area contributed by atoms with Gasteiger partial charge in [0.15, 0.2) is 0 Å². The van der Waals surface area contributed by atoms with Gasteiger partial charge in [-0.05, 0) is 38.9 Å². The molecule has 1 aliphatic rings. The summed E-state index contributed by atoms with van der Waals surface area (Å²) in [4.78, 5) is 9.02. The fraction of sp³-hybridized carbons (Fsp3) is 0.812. The zero-order valence-electron chi connectivity index (χ0n) is 13.2. The lowest BCUT2D eigenvalue weighted by molar-refractivity contribution is 0.307. The molecule has 114 valence electrons. The molecule has 0 saturated carbocycles. The van der Waals surface area contributed by atoms with Crippen molar-refractivity contribution in [1.82, 2.24) is 15.2 Å². The van der Waals surface area contributed by atoms with E-state index >= 15 is 0 Å². The summed E-state index contributed by atoms with van der Waals surface area (Å²) in [5, 5.41) is 4.85. The lowest BCUT2D eigenvalue weighted by Crippen LogP contribution is -2.25. The molecule has 1 aromatic rings. The van der Waals surface area contributed by atoms with Gasteiger partial charge in [0, 0.05) is 30.3 Å². The third kappa shape index (κ3) is 4.03. The summed E-state index contributed by atoms with van der Waals surface area (Å²) in [6.45, 7) is 12.3. The number of likely N-dealkylation sites (N-methyl/N-ethyl adjacent to an activating group) is 2. The van der Waals surface area contributed by atoms with E-state index in [0.29, 0.717) is 5.92 Å². The number of fused-ring (bicyclic) bond motifs is 1. The molecule has 0 spiro atoms. The molecular formula is C16H29N3S. The van der Waals surface area contributed by atoms with Crippen molar-refractivity contribution in [3.63, 3.8) is 0 Å². The molecule has 1 aliphatic carbocycles. The Morgan fingerprint density at radius 2 is 2.10 bits per heavy atom. The van der Waals surface area contributed by atoms with Gasteiger partial charge in [0.1, 0.15) is 0 Å². The maximum Gasteiger partial charge on any atom is 0.0944 e. The molecule has 0 fully saturated rings. The van der Waals surface area contributed by atoms with Gasteiger partial charge < -0.3 is 10.2 Å². The largest absolute Gasteiger partial charge is 0.316 e. The molecule has 0 saturated heterocycles. The van der Waals surface area contributed by atoms with Crippen molar-refractivity contribution in [1.29, 1.82) is 0 Å². The third-order valence-electron chi connectivity index (χ3n) is 4.29. The number of aryl methyl sites for hydroxylation is 1. The predicted octanol–water partition coefficient (Wildman–Crippen LogP) is 3.06. The van der Waals surface area contributed by atoms with Gasteiger partial charge >= 0.3 is 0 Å². The van der Waals surface area contributed by atoms with Gasteiger partial charge in [-0.25, -0.2) is 4.98 Å². The summed E-state index contributed by atoms with van der Waals surface area (Å²) >= 11 is 1.97. The number of thiazole rings is 1. The van der Waals surface area contributed by atoms with Gasteiger partial charge in [-0.1, -0.05) is 20.8 Å². The summed E-state index contributed by atoms with van der Waals surface area (Å²) in [6, 6.07) is 0. The summed E-state index contributed by atoms with van der Waals surface area (Å²) in [5.41, 5.74) is 1.41. The summed E-state index contributed by atoms with van der Waals surface area (Å²) in [6.07, 6.45) is 5.01. The molecule has 1 atom stereocenters.